The van der Waals surface area contributed by atoms with Gasteiger partial charge in [-0.2, -0.15) is 0 Å². The molecule has 4 aromatic heterocycles. The van der Waals surface area contributed by atoms with Gasteiger partial charge in [0.25, 0.3) is 0 Å². The second kappa shape index (κ2) is 11.8. The molecule has 0 spiro atoms. The average molecular weight is 743 g/mol. The third-order valence-corrected chi connectivity index (χ3v) is 11.9. The van der Waals surface area contributed by atoms with Crippen molar-refractivity contribution < 1.29 is 17.7 Å². The molecule has 0 atom stereocenters. The zero-order valence-electron chi connectivity index (χ0n) is 31.0. The summed E-state index contributed by atoms with van der Waals surface area (Å²) >= 11 is 0. The van der Waals surface area contributed by atoms with Crippen LogP contribution in [-0.2, 0) is 0 Å². The van der Waals surface area contributed by atoms with Crippen molar-refractivity contribution in [2.24, 2.45) is 0 Å². The van der Waals surface area contributed by atoms with E-state index in [0.717, 1.165) is 110 Å². The van der Waals surface area contributed by atoms with Gasteiger partial charge in [0.05, 0.1) is 0 Å². The fourth-order valence-corrected chi connectivity index (χ4v) is 8.94. The van der Waals surface area contributed by atoms with Crippen LogP contribution in [-0.4, -0.2) is 0 Å². The highest BCUT2D eigenvalue weighted by atomic mass is 16.3. The summed E-state index contributed by atoms with van der Waals surface area (Å²) < 4.78 is 25.4. The number of fused-ring (bicyclic) bond motifs is 12. The fraction of sp³-hybridized carbons (Fsp3) is 0. The molecule has 9 aromatic carbocycles. The summed E-state index contributed by atoms with van der Waals surface area (Å²) in [5.74, 6) is 0. The molecule has 0 bridgehead atoms. The Hall–Kier alpha value is -7.82. The van der Waals surface area contributed by atoms with Crippen molar-refractivity contribution in [2.75, 3.05) is 0 Å². The summed E-state index contributed by atoms with van der Waals surface area (Å²) in [6.45, 7) is 0. The van der Waals surface area contributed by atoms with Crippen molar-refractivity contribution in [2.45, 2.75) is 0 Å². The zero-order chi connectivity index (χ0) is 37.9. The van der Waals surface area contributed by atoms with E-state index in [1.807, 2.05) is 18.2 Å². The van der Waals surface area contributed by atoms with Gasteiger partial charge in [-0.05, 0) is 123 Å². The first-order valence-electron chi connectivity index (χ1n) is 19.5. The zero-order valence-corrected chi connectivity index (χ0v) is 31.0. The van der Waals surface area contributed by atoms with E-state index in [9.17, 15) is 0 Å². The summed E-state index contributed by atoms with van der Waals surface area (Å²) in [4.78, 5) is 0. The van der Waals surface area contributed by atoms with Crippen LogP contribution >= 0.6 is 0 Å². The van der Waals surface area contributed by atoms with E-state index < -0.39 is 0 Å². The highest BCUT2D eigenvalue weighted by Crippen LogP contribution is 2.42. The first-order valence-corrected chi connectivity index (χ1v) is 19.5. The maximum absolute atomic E-state index is 6.43. The molecular weight excluding hydrogens is 713 g/mol. The first kappa shape index (κ1) is 31.4. The van der Waals surface area contributed by atoms with E-state index >= 15 is 0 Å². The topological polar surface area (TPSA) is 52.6 Å². The molecule has 270 valence electrons. The van der Waals surface area contributed by atoms with Crippen LogP contribution in [0.25, 0.3) is 132 Å². The van der Waals surface area contributed by atoms with Crippen LogP contribution in [0, 0.1) is 0 Å². The summed E-state index contributed by atoms with van der Waals surface area (Å²) in [6, 6.07) is 63.9. The minimum atomic E-state index is 0.802. The molecule has 0 fully saturated rings. The van der Waals surface area contributed by atoms with Gasteiger partial charge in [-0.25, -0.2) is 0 Å². The molecule has 13 aromatic rings. The predicted molar refractivity (Wildman–Crippen MR) is 237 cm³/mol. The monoisotopic (exact) mass is 742 g/mol. The molecule has 13 rings (SSSR count). The van der Waals surface area contributed by atoms with E-state index in [4.69, 9.17) is 17.7 Å². The molecule has 0 N–H and O–H groups in total. The number of rotatable bonds is 4. The van der Waals surface area contributed by atoms with Gasteiger partial charge in [0.1, 0.15) is 44.7 Å². The molecule has 0 unspecified atom stereocenters. The normalized spacial score (nSPS) is 12.1. The largest absolute Gasteiger partial charge is 0.456 e. The Morgan fingerprint density at radius 2 is 0.414 bits per heavy atom. The van der Waals surface area contributed by atoms with Gasteiger partial charge in [-0.15, -0.1) is 0 Å². The van der Waals surface area contributed by atoms with E-state index in [-0.39, 0.29) is 0 Å². The van der Waals surface area contributed by atoms with Crippen LogP contribution in [0.2, 0.25) is 0 Å². The molecule has 0 saturated carbocycles. The summed E-state index contributed by atoms with van der Waals surface area (Å²) in [5.41, 5.74) is 16.0. The lowest BCUT2D eigenvalue weighted by atomic mass is 9.98. The van der Waals surface area contributed by atoms with Crippen LogP contribution in [0.3, 0.4) is 0 Å². The van der Waals surface area contributed by atoms with Crippen LogP contribution in [0.1, 0.15) is 0 Å². The summed E-state index contributed by atoms with van der Waals surface area (Å²) in [7, 11) is 0. The molecule has 58 heavy (non-hydrogen) atoms. The smallest absolute Gasteiger partial charge is 0.139 e. The molecule has 4 heteroatoms. The van der Waals surface area contributed by atoms with E-state index in [0.29, 0.717) is 0 Å². The van der Waals surface area contributed by atoms with Gasteiger partial charge in [-0.1, -0.05) is 97.1 Å². The molecule has 0 aliphatic carbocycles. The van der Waals surface area contributed by atoms with Gasteiger partial charge in [0, 0.05) is 49.2 Å². The Morgan fingerprint density at radius 3 is 0.707 bits per heavy atom. The lowest BCUT2D eigenvalue weighted by Gasteiger charge is -2.04. The Kier molecular flexibility index (Phi) is 6.41. The van der Waals surface area contributed by atoms with Crippen LogP contribution in [0.5, 0.6) is 0 Å². The van der Waals surface area contributed by atoms with Crippen LogP contribution in [0.15, 0.2) is 200 Å². The molecule has 0 saturated heterocycles. The van der Waals surface area contributed by atoms with Crippen LogP contribution < -0.4 is 0 Å². The molecule has 4 nitrogen and oxygen atoms in total. The van der Waals surface area contributed by atoms with E-state index in [1.165, 1.54) is 22.3 Å². The Morgan fingerprint density at radius 1 is 0.172 bits per heavy atom. The second-order valence-electron chi connectivity index (χ2n) is 15.3. The highest BCUT2D eigenvalue weighted by Gasteiger charge is 2.17. The van der Waals surface area contributed by atoms with E-state index in [2.05, 4.69) is 164 Å². The molecule has 0 radical (unpaired) electrons. The minimum Gasteiger partial charge on any atom is -0.456 e. The van der Waals surface area contributed by atoms with Crippen molar-refractivity contribution in [3.05, 3.63) is 182 Å². The predicted octanol–water partition coefficient (Wildman–Crippen LogP) is 16.0. The van der Waals surface area contributed by atoms with Crippen molar-refractivity contribution in [1.29, 1.82) is 0 Å². The van der Waals surface area contributed by atoms with E-state index in [1.54, 1.807) is 0 Å². The van der Waals surface area contributed by atoms with Gasteiger partial charge >= 0.3 is 0 Å². The Bertz CT molecular complexity index is 3540. The van der Waals surface area contributed by atoms with Gasteiger partial charge in [0.15, 0.2) is 0 Å². The Balaban J connectivity index is 0.912. The van der Waals surface area contributed by atoms with Gasteiger partial charge in [0.2, 0.25) is 0 Å². The molecular formula is C54H30O4. The number of benzene rings is 9. The number of furan rings is 4. The highest BCUT2D eigenvalue weighted by molar-refractivity contribution is 6.17. The fourth-order valence-electron chi connectivity index (χ4n) is 8.94. The number of hydrogen-bond donors (Lipinski definition) is 0. The van der Waals surface area contributed by atoms with Crippen molar-refractivity contribution in [3.63, 3.8) is 0 Å². The van der Waals surface area contributed by atoms with Crippen molar-refractivity contribution in [3.8, 4) is 44.5 Å². The van der Waals surface area contributed by atoms with Gasteiger partial charge < -0.3 is 17.7 Å². The maximum Gasteiger partial charge on any atom is 0.139 e. The maximum atomic E-state index is 6.43. The lowest BCUT2D eigenvalue weighted by Crippen LogP contribution is -1.79. The average Bonchev–Trinajstić information content (AvgIpc) is 4.04. The summed E-state index contributed by atoms with van der Waals surface area (Å²) in [5, 5.41) is 8.66. The second-order valence-corrected chi connectivity index (χ2v) is 15.3. The number of hydrogen-bond acceptors (Lipinski definition) is 4. The van der Waals surface area contributed by atoms with Crippen LogP contribution in [0.4, 0.5) is 0 Å². The quantitative estimate of drug-likeness (QED) is 0.180. The molecule has 0 aliphatic heterocycles. The third-order valence-electron chi connectivity index (χ3n) is 11.9. The minimum absolute atomic E-state index is 0.802. The first-order chi connectivity index (χ1) is 28.7. The van der Waals surface area contributed by atoms with Gasteiger partial charge in [-0.3, -0.25) is 0 Å². The molecule has 0 amide bonds. The molecule has 4 heterocycles. The lowest BCUT2D eigenvalue weighted by molar-refractivity contribution is 0.656. The third kappa shape index (κ3) is 4.76. The van der Waals surface area contributed by atoms with Crippen molar-refractivity contribution >= 4 is 87.8 Å². The molecule has 0 aliphatic rings. The standard InChI is InChI=1S/C54H30O4/c1-3-7-31(8-4-1)33-11-17-47-39(23-33)41-25-35(13-19-49(41)55-47)37-15-21-51-43(27-37)45-29-46-44-28-38(16-22-52(44)58-54(46)30-53(45)57-51)36-14-20-50-42(26-36)40-24-34(12-18-48(40)56-50)32-9-5-2-6-10-32/h1-30H. The Labute approximate surface area is 330 Å². The SMILES string of the molecule is c1ccc(-c2ccc3oc4ccc(-c5ccc6oc7cc8oc9ccc(-c%10ccc%11oc%12ccc(-c%13ccccc%13)cc%12c%11c%10)cc9c8cc7c6c5)cc4c3c2)cc1. The summed E-state index contributed by atoms with van der Waals surface area (Å²) in [6.07, 6.45) is 0. The van der Waals surface area contributed by atoms with Crippen molar-refractivity contribution in [1.82, 2.24) is 0 Å².